The molecule has 0 amide bonds. The average Bonchev–Trinajstić information content (AvgIpc) is 2.83. The fourth-order valence-corrected chi connectivity index (χ4v) is 7.58. The molecule has 3 heteroatoms. The van der Waals surface area contributed by atoms with Crippen molar-refractivity contribution in [2.75, 3.05) is 0 Å². The van der Waals surface area contributed by atoms with E-state index in [1.807, 2.05) is 6.08 Å². The van der Waals surface area contributed by atoms with Crippen LogP contribution in [0.2, 0.25) is 0 Å². The first kappa shape index (κ1) is 17.5. The number of Topliss-reactive ketones (excluding diaryl/α,β-unsaturated/α-hetero) is 1. The Bertz CT molecular complexity index is 664. The van der Waals surface area contributed by atoms with Gasteiger partial charge in [0, 0.05) is 11.8 Å². The van der Waals surface area contributed by atoms with Gasteiger partial charge in [0.15, 0.2) is 11.6 Å². The van der Waals surface area contributed by atoms with Gasteiger partial charge in [0.1, 0.15) is 5.60 Å². The maximum Gasteiger partial charge on any atom is 0.161 e. The van der Waals surface area contributed by atoms with Crippen LogP contribution in [-0.4, -0.2) is 22.3 Å². The Kier molecular flexibility index (Phi) is 3.69. The number of allylic oxidation sites excluding steroid dienone is 1. The van der Waals surface area contributed by atoms with Crippen molar-refractivity contribution in [2.45, 2.75) is 78.2 Å². The summed E-state index contributed by atoms with van der Waals surface area (Å²) in [5.41, 5.74) is 0.107. The molecule has 3 nitrogen and oxygen atoms in total. The van der Waals surface area contributed by atoms with E-state index in [4.69, 9.17) is 0 Å². The van der Waals surface area contributed by atoms with Crippen LogP contribution < -0.4 is 0 Å². The van der Waals surface area contributed by atoms with Gasteiger partial charge < -0.3 is 5.11 Å². The van der Waals surface area contributed by atoms with Crippen LogP contribution in [0.15, 0.2) is 11.6 Å². The van der Waals surface area contributed by atoms with Crippen LogP contribution in [0.4, 0.5) is 0 Å². The molecular formula is C22H32O3. The lowest BCUT2D eigenvalue weighted by molar-refractivity contribution is -0.161. The lowest BCUT2D eigenvalue weighted by Gasteiger charge is -2.60. The van der Waals surface area contributed by atoms with E-state index in [1.54, 1.807) is 6.92 Å². The third-order valence-electron chi connectivity index (χ3n) is 9.01. The van der Waals surface area contributed by atoms with E-state index in [0.29, 0.717) is 42.3 Å². The van der Waals surface area contributed by atoms with Crippen LogP contribution >= 0.6 is 0 Å². The maximum atomic E-state index is 12.3. The normalized spacial score (nSPS) is 52.0. The third-order valence-corrected chi connectivity index (χ3v) is 9.01. The Labute approximate surface area is 151 Å². The summed E-state index contributed by atoms with van der Waals surface area (Å²) < 4.78 is 0. The molecule has 0 spiro atoms. The van der Waals surface area contributed by atoms with Crippen LogP contribution in [0.25, 0.3) is 0 Å². The summed E-state index contributed by atoms with van der Waals surface area (Å²) in [4.78, 5) is 24.3. The number of carbonyl (C=O) groups is 2. The predicted octanol–water partition coefficient (Wildman–Crippen LogP) is 4.08. The molecule has 3 saturated carbocycles. The third kappa shape index (κ3) is 2.08. The van der Waals surface area contributed by atoms with Crippen molar-refractivity contribution in [3.05, 3.63) is 11.6 Å². The Morgan fingerprint density at radius 2 is 1.84 bits per heavy atom. The van der Waals surface area contributed by atoms with Crippen molar-refractivity contribution in [1.82, 2.24) is 0 Å². The molecule has 3 fully saturated rings. The average molecular weight is 344 g/mol. The van der Waals surface area contributed by atoms with E-state index < -0.39 is 5.60 Å². The molecule has 0 unspecified atom stereocenters. The fraction of sp³-hybridized carbons (Fsp3) is 0.818. The Hall–Kier alpha value is -0.960. The molecule has 0 bridgehead atoms. The fourth-order valence-electron chi connectivity index (χ4n) is 7.58. The quantitative estimate of drug-likeness (QED) is 0.779. The number of aliphatic hydroxyl groups is 1. The summed E-state index contributed by atoms with van der Waals surface area (Å²) in [5.74, 6) is 2.27. The minimum absolute atomic E-state index is 0.0464. The van der Waals surface area contributed by atoms with Crippen LogP contribution in [0.1, 0.15) is 72.6 Å². The Balaban J connectivity index is 1.73. The zero-order valence-electron chi connectivity index (χ0n) is 16.1. The number of ketones is 2. The largest absolute Gasteiger partial charge is 0.382 e. The lowest BCUT2D eigenvalue weighted by Crippen LogP contribution is -2.57. The Morgan fingerprint density at radius 3 is 2.52 bits per heavy atom. The zero-order chi connectivity index (χ0) is 18.2. The first-order valence-electron chi connectivity index (χ1n) is 10.1. The van der Waals surface area contributed by atoms with Gasteiger partial charge in [-0.3, -0.25) is 9.59 Å². The van der Waals surface area contributed by atoms with Crippen LogP contribution in [0.5, 0.6) is 0 Å². The smallest absolute Gasteiger partial charge is 0.161 e. The van der Waals surface area contributed by atoms with E-state index in [-0.39, 0.29) is 16.6 Å². The second kappa shape index (κ2) is 5.28. The van der Waals surface area contributed by atoms with Gasteiger partial charge in [-0.05, 0) is 80.6 Å². The van der Waals surface area contributed by atoms with Gasteiger partial charge in [0.05, 0.1) is 0 Å². The molecule has 0 aromatic heterocycles. The number of hydrogen-bond donors (Lipinski definition) is 1. The summed E-state index contributed by atoms with van der Waals surface area (Å²) >= 11 is 0. The number of fused-ring (bicyclic) bond motifs is 5. The van der Waals surface area contributed by atoms with Crippen LogP contribution in [0.3, 0.4) is 0 Å². The monoisotopic (exact) mass is 344 g/mol. The van der Waals surface area contributed by atoms with Gasteiger partial charge in [-0.25, -0.2) is 0 Å². The second-order valence-corrected chi connectivity index (χ2v) is 9.91. The Morgan fingerprint density at radius 1 is 1.16 bits per heavy atom. The maximum absolute atomic E-state index is 12.3. The van der Waals surface area contributed by atoms with Gasteiger partial charge in [0.25, 0.3) is 0 Å². The minimum atomic E-state index is -1.13. The molecular weight excluding hydrogens is 312 g/mol. The highest BCUT2D eigenvalue weighted by Crippen LogP contribution is 2.68. The summed E-state index contributed by atoms with van der Waals surface area (Å²) in [6, 6.07) is 0. The second-order valence-electron chi connectivity index (χ2n) is 9.91. The molecule has 4 aliphatic carbocycles. The molecule has 4 aliphatic rings. The van der Waals surface area contributed by atoms with Crippen molar-refractivity contribution in [3.8, 4) is 0 Å². The van der Waals surface area contributed by atoms with Crippen molar-refractivity contribution in [3.63, 3.8) is 0 Å². The molecule has 0 aromatic rings. The highest BCUT2D eigenvalue weighted by atomic mass is 16.3. The molecule has 4 rings (SSSR count). The zero-order valence-corrected chi connectivity index (χ0v) is 16.1. The number of carbonyl (C=O) groups excluding carboxylic acids is 2. The van der Waals surface area contributed by atoms with Crippen molar-refractivity contribution >= 4 is 11.6 Å². The van der Waals surface area contributed by atoms with Crippen molar-refractivity contribution in [1.29, 1.82) is 0 Å². The predicted molar refractivity (Wildman–Crippen MR) is 96.9 cm³/mol. The van der Waals surface area contributed by atoms with E-state index in [2.05, 4.69) is 20.8 Å². The van der Waals surface area contributed by atoms with Crippen molar-refractivity contribution < 1.29 is 14.7 Å². The number of rotatable bonds is 1. The highest BCUT2D eigenvalue weighted by Gasteiger charge is 2.66. The molecule has 0 saturated heterocycles. The topological polar surface area (TPSA) is 54.4 Å². The first-order chi connectivity index (χ1) is 11.6. The molecule has 7 atom stereocenters. The summed E-state index contributed by atoms with van der Waals surface area (Å²) in [5, 5.41) is 11.2. The molecule has 25 heavy (non-hydrogen) atoms. The molecule has 0 aromatic carbocycles. The molecule has 0 radical (unpaired) electrons. The molecule has 0 heterocycles. The molecule has 138 valence electrons. The van der Waals surface area contributed by atoms with Gasteiger partial charge in [-0.2, -0.15) is 0 Å². The van der Waals surface area contributed by atoms with Gasteiger partial charge in [-0.1, -0.05) is 26.3 Å². The van der Waals surface area contributed by atoms with Crippen LogP contribution in [-0.2, 0) is 9.59 Å². The van der Waals surface area contributed by atoms with Crippen molar-refractivity contribution in [2.24, 2.45) is 34.5 Å². The molecule has 0 aliphatic heterocycles. The van der Waals surface area contributed by atoms with Gasteiger partial charge in [-0.15, -0.1) is 0 Å². The number of hydrogen-bond acceptors (Lipinski definition) is 3. The molecule has 1 N–H and O–H groups in total. The van der Waals surface area contributed by atoms with Crippen LogP contribution in [0, 0.1) is 34.5 Å². The van der Waals surface area contributed by atoms with E-state index in [9.17, 15) is 14.7 Å². The summed E-state index contributed by atoms with van der Waals surface area (Å²) in [6.07, 6.45) is 8.31. The van der Waals surface area contributed by atoms with Gasteiger partial charge in [0.2, 0.25) is 0 Å². The lowest BCUT2D eigenvalue weighted by atomic mass is 9.45. The van der Waals surface area contributed by atoms with E-state index >= 15 is 0 Å². The summed E-state index contributed by atoms with van der Waals surface area (Å²) in [6.45, 7) is 8.40. The van der Waals surface area contributed by atoms with E-state index in [1.165, 1.54) is 5.57 Å². The standard InChI is InChI=1S/C22H32O3/c1-13-11-16-17(20(3)8-5-15(24)12-19(13)20)6-9-21(4)18(16)7-10-22(21,25)14(2)23/h12-13,16-18,25H,5-11H2,1-4H3/t13-,16+,17-,18+,20+,21+,22-/m0/s1. The SMILES string of the molecule is CC(=O)[C@@]1(O)CC[C@@H]2[C@@H]3C[C@H](C)C4=CC(=O)CC[C@]4(C)[C@H]3CC[C@]21C. The van der Waals surface area contributed by atoms with Gasteiger partial charge >= 0.3 is 0 Å². The summed E-state index contributed by atoms with van der Waals surface area (Å²) in [7, 11) is 0. The minimum Gasteiger partial charge on any atom is -0.382 e. The first-order valence-corrected chi connectivity index (χ1v) is 10.1. The highest BCUT2D eigenvalue weighted by molar-refractivity contribution is 5.91. The van der Waals surface area contributed by atoms with E-state index in [0.717, 1.165) is 32.1 Å².